The molecule has 3 rings (SSSR count). The molecule has 2 aliphatic rings. The van der Waals surface area contributed by atoms with Crippen LogP contribution >= 0.6 is 11.6 Å². The highest BCUT2D eigenvalue weighted by molar-refractivity contribution is 7.89. The SMILES string of the molecule is Cc1ccc(S(=O)(=O)N2CCC[C@]3(CCCC3O)C2)cc1Cl. The first-order valence-electron chi connectivity index (χ1n) is 7.80. The molecule has 6 heteroatoms. The first kappa shape index (κ1) is 16.2. The molecule has 1 aliphatic carbocycles. The van der Waals surface area contributed by atoms with Gasteiger partial charge in [0.05, 0.1) is 11.0 Å². The van der Waals surface area contributed by atoms with Crippen molar-refractivity contribution in [3.63, 3.8) is 0 Å². The van der Waals surface area contributed by atoms with Crippen LogP contribution in [0.3, 0.4) is 0 Å². The fourth-order valence-corrected chi connectivity index (χ4v) is 5.65. The number of aliphatic hydroxyl groups is 1. The van der Waals surface area contributed by atoms with E-state index in [1.54, 1.807) is 12.1 Å². The number of rotatable bonds is 2. The fourth-order valence-electron chi connectivity index (χ4n) is 3.80. The Labute approximate surface area is 137 Å². The van der Waals surface area contributed by atoms with Crippen molar-refractivity contribution >= 4 is 21.6 Å². The summed E-state index contributed by atoms with van der Waals surface area (Å²) < 4.78 is 27.3. The number of nitrogens with zero attached hydrogens (tertiary/aromatic N) is 1. The van der Waals surface area contributed by atoms with Crippen LogP contribution in [0.15, 0.2) is 23.1 Å². The third-order valence-electron chi connectivity index (χ3n) is 5.21. The maximum Gasteiger partial charge on any atom is 0.243 e. The number of hydrogen-bond donors (Lipinski definition) is 1. The maximum atomic E-state index is 12.9. The minimum atomic E-state index is -3.55. The molecule has 0 radical (unpaired) electrons. The lowest BCUT2D eigenvalue weighted by Crippen LogP contribution is -2.49. The monoisotopic (exact) mass is 343 g/mol. The van der Waals surface area contributed by atoms with Gasteiger partial charge in [-0.15, -0.1) is 0 Å². The van der Waals surface area contributed by atoms with Crippen LogP contribution in [0.1, 0.15) is 37.7 Å². The normalized spacial score (nSPS) is 30.0. The van der Waals surface area contributed by atoms with Gasteiger partial charge in [-0.2, -0.15) is 4.31 Å². The van der Waals surface area contributed by atoms with E-state index >= 15 is 0 Å². The van der Waals surface area contributed by atoms with Crippen molar-refractivity contribution < 1.29 is 13.5 Å². The van der Waals surface area contributed by atoms with Crippen molar-refractivity contribution in [1.29, 1.82) is 0 Å². The van der Waals surface area contributed by atoms with Crippen molar-refractivity contribution in [2.24, 2.45) is 5.41 Å². The van der Waals surface area contributed by atoms with Crippen molar-refractivity contribution in [3.05, 3.63) is 28.8 Å². The number of hydrogen-bond acceptors (Lipinski definition) is 3. The number of halogens is 1. The number of aryl methyl sites for hydroxylation is 1. The van der Waals surface area contributed by atoms with Gasteiger partial charge < -0.3 is 5.11 Å². The second-order valence-electron chi connectivity index (χ2n) is 6.62. The number of sulfonamides is 1. The topological polar surface area (TPSA) is 57.6 Å². The summed E-state index contributed by atoms with van der Waals surface area (Å²) in [6, 6.07) is 4.88. The first-order chi connectivity index (χ1) is 10.3. The van der Waals surface area contributed by atoms with E-state index in [-0.39, 0.29) is 16.4 Å². The third kappa shape index (κ3) is 2.68. The molecule has 1 N–H and O–H groups in total. The summed E-state index contributed by atoms with van der Waals surface area (Å²) in [5.41, 5.74) is 0.613. The predicted molar refractivity (Wildman–Crippen MR) is 86.5 cm³/mol. The fraction of sp³-hybridized carbons (Fsp3) is 0.625. The summed E-state index contributed by atoms with van der Waals surface area (Å²) >= 11 is 6.08. The Kier molecular flexibility index (Phi) is 4.27. The molecular weight excluding hydrogens is 322 g/mol. The Morgan fingerprint density at radius 3 is 2.68 bits per heavy atom. The second-order valence-corrected chi connectivity index (χ2v) is 8.97. The molecule has 0 aromatic heterocycles. The van der Waals surface area contributed by atoms with Gasteiger partial charge in [0.15, 0.2) is 0 Å². The van der Waals surface area contributed by atoms with Gasteiger partial charge in [0.2, 0.25) is 10.0 Å². The summed E-state index contributed by atoms with van der Waals surface area (Å²) in [6.07, 6.45) is 4.00. The molecule has 4 nitrogen and oxygen atoms in total. The van der Waals surface area contributed by atoms with Crippen LogP contribution in [0.4, 0.5) is 0 Å². The molecule has 2 atom stereocenters. The number of benzene rings is 1. The zero-order valence-corrected chi connectivity index (χ0v) is 14.3. The smallest absolute Gasteiger partial charge is 0.243 e. The largest absolute Gasteiger partial charge is 0.392 e. The summed E-state index contributed by atoms with van der Waals surface area (Å²) in [4.78, 5) is 0.243. The number of piperidine rings is 1. The van der Waals surface area contributed by atoms with E-state index in [1.165, 1.54) is 10.4 Å². The van der Waals surface area contributed by atoms with E-state index in [4.69, 9.17) is 11.6 Å². The molecule has 22 heavy (non-hydrogen) atoms. The molecule has 1 heterocycles. The molecule has 1 unspecified atom stereocenters. The lowest BCUT2D eigenvalue weighted by atomic mass is 9.77. The molecule has 1 aromatic rings. The van der Waals surface area contributed by atoms with Crippen LogP contribution in [0.25, 0.3) is 0 Å². The van der Waals surface area contributed by atoms with Crippen molar-refractivity contribution in [3.8, 4) is 0 Å². The predicted octanol–water partition coefficient (Wildman–Crippen LogP) is 2.96. The Morgan fingerprint density at radius 1 is 1.32 bits per heavy atom. The van der Waals surface area contributed by atoms with E-state index in [0.717, 1.165) is 37.7 Å². The van der Waals surface area contributed by atoms with Crippen LogP contribution in [0.5, 0.6) is 0 Å². The lowest BCUT2D eigenvalue weighted by molar-refractivity contribution is 0.0127. The highest BCUT2D eigenvalue weighted by Gasteiger charge is 2.47. The first-order valence-corrected chi connectivity index (χ1v) is 9.61. The summed E-state index contributed by atoms with van der Waals surface area (Å²) in [5.74, 6) is 0. The zero-order valence-electron chi connectivity index (χ0n) is 12.8. The Morgan fingerprint density at radius 2 is 2.05 bits per heavy atom. The van der Waals surface area contributed by atoms with Gasteiger partial charge in [0, 0.05) is 23.5 Å². The highest BCUT2D eigenvalue weighted by atomic mass is 35.5. The molecule has 122 valence electrons. The highest BCUT2D eigenvalue weighted by Crippen LogP contribution is 2.46. The molecule has 1 aliphatic heterocycles. The molecule has 1 spiro atoms. The molecule has 1 saturated carbocycles. The standard InChI is InChI=1S/C16H22ClNO3S/c1-12-5-6-13(10-14(12)17)22(20,21)18-9-3-8-16(11-18)7-2-4-15(16)19/h5-6,10,15,19H,2-4,7-9,11H2,1H3/t15?,16-/m1/s1. The quantitative estimate of drug-likeness (QED) is 0.898. The van der Waals surface area contributed by atoms with Crippen molar-refractivity contribution in [2.45, 2.75) is 50.0 Å². The molecule has 0 amide bonds. The van der Waals surface area contributed by atoms with Crippen LogP contribution in [0.2, 0.25) is 5.02 Å². The van der Waals surface area contributed by atoms with Gasteiger partial charge in [-0.05, 0) is 50.3 Å². The van der Waals surface area contributed by atoms with Crippen LogP contribution in [0, 0.1) is 12.3 Å². The Hall–Kier alpha value is -0.620. The van der Waals surface area contributed by atoms with E-state index in [2.05, 4.69) is 0 Å². The maximum absolute atomic E-state index is 12.9. The zero-order chi connectivity index (χ0) is 16.0. The van der Waals surface area contributed by atoms with Crippen molar-refractivity contribution in [1.82, 2.24) is 4.31 Å². The summed E-state index contributed by atoms with van der Waals surface area (Å²) in [5, 5.41) is 10.8. The molecule has 0 bridgehead atoms. The van der Waals surface area contributed by atoms with Crippen LogP contribution in [-0.4, -0.2) is 37.0 Å². The van der Waals surface area contributed by atoms with Crippen LogP contribution in [-0.2, 0) is 10.0 Å². The number of aliphatic hydroxyl groups excluding tert-OH is 1. The average molecular weight is 344 g/mol. The molecule has 1 saturated heterocycles. The van der Waals surface area contributed by atoms with Gasteiger partial charge in [-0.25, -0.2) is 8.42 Å². The third-order valence-corrected chi connectivity index (χ3v) is 7.46. The molecule has 1 aromatic carbocycles. The minimum Gasteiger partial charge on any atom is -0.392 e. The van der Waals surface area contributed by atoms with Gasteiger partial charge >= 0.3 is 0 Å². The Balaban J connectivity index is 1.90. The van der Waals surface area contributed by atoms with E-state index in [1.807, 2.05) is 6.92 Å². The van der Waals surface area contributed by atoms with Crippen LogP contribution < -0.4 is 0 Å². The lowest BCUT2D eigenvalue weighted by Gasteiger charge is -2.41. The van der Waals surface area contributed by atoms with Gasteiger partial charge in [-0.3, -0.25) is 0 Å². The van der Waals surface area contributed by atoms with Gasteiger partial charge in [0.25, 0.3) is 0 Å². The van der Waals surface area contributed by atoms with E-state index < -0.39 is 10.0 Å². The minimum absolute atomic E-state index is 0.243. The van der Waals surface area contributed by atoms with Crippen molar-refractivity contribution in [2.75, 3.05) is 13.1 Å². The summed E-state index contributed by atoms with van der Waals surface area (Å²) in [7, 11) is -3.55. The average Bonchev–Trinajstić information content (AvgIpc) is 2.82. The second kappa shape index (κ2) is 5.78. The Bertz CT molecular complexity index is 676. The van der Waals surface area contributed by atoms with E-state index in [0.29, 0.717) is 18.1 Å². The van der Waals surface area contributed by atoms with E-state index in [9.17, 15) is 13.5 Å². The van der Waals surface area contributed by atoms with Gasteiger partial charge in [-0.1, -0.05) is 24.1 Å². The van der Waals surface area contributed by atoms with Gasteiger partial charge in [0.1, 0.15) is 0 Å². The molecular formula is C16H22ClNO3S. The summed E-state index contributed by atoms with van der Waals surface area (Å²) in [6.45, 7) is 2.79. The molecule has 2 fully saturated rings.